The Labute approximate surface area is 121 Å². The van der Waals surface area contributed by atoms with Gasteiger partial charge in [-0.25, -0.2) is 8.42 Å². The van der Waals surface area contributed by atoms with Crippen LogP contribution < -0.4 is 10.2 Å². The molecule has 0 aliphatic carbocycles. The number of hydrogen-bond acceptors (Lipinski definition) is 5. The maximum Gasteiger partial charge on any atom is 0.153 e. The van der Waals surface area contributed by atoms with Gasteiger partial charge in [0.1, 0.15) is 0 Å². The van der Waals surface area contributed by atoms with Gasteiger partial charge < -0.3 is 10.2 Å². The maximum absolute atomic E-state index is 11.4. The van der Waals surface area contributed by atoms with E-state index in [-0.39, 0.29) is 17.5 Å². The molecule has 1 fully saturated rings. The van der Waals surface area contributed by atoms with Crippen LogP contribution in [0, 0.1) is 0 Å². The second-order valence-electron chi connectivity index (χ2n) is 5.26. The molecule has 0 bridgehead atoms. The number of nitrogens with zero attached hydrogens (tertiary/aromatic N) is 2. The third-order valence-corrected chi connectivity index (χ3v) is 5.23. The highest BCUT2D eigenvalue weighted by Gasteiger charge is 2.21. The van der Waals surface area contributed by atoms with Crippen molar-refractivity contribution in [1.82, 2.24) is 10.3 Å². The van der Waals surface area contributed by atoms with Crippen molar-refractivity contribution in [1.29, 1.82) is 0 Å². The number of anilines is 1. The predicted octanol–water partition coefficient (Wildman–Crippen LogP) is 1.38. The van der Waals surface area contributed by atoms with Crippen LogP contribution in [0.3, 0.4) is 0 Å². The summed E-state index contributed by atoms with van der Waals surface area (Å²) in [4.78, 5) is 6.57. The molecule has 1 unspecified atom stereocenters. The van der Waals surface area contributed by atoms with Gasteiger partial charge in [-0.05, 0) is 32.0 Å². The highest BCUT2D eigenvalue weighted by Crippen LogP contribution is 2.18. The highest BCUT2D eigenvalue weighted by molar-refractivity contribution is 7.91. The molecule has 1 saturated heterocycles. The summed E-state index contributed by atoms with van der Waals surface area (Å²) in [6.45, 7) is 6.35. The van der Waals surface area contributed by atoms with E-state index in [4.69, 9.17) is 0 Å². The summed E-state index contributed by atoms with van der Waals surface area (Å²) in [7, 11) is -2.83. The second-order valence-corrected chi connectivity index (χ2v) is 7.56. The molecule has 1 N–H and O–H groups in total. The molecule has 1 atom stereocenters. The van der Waals surface area contributed by atoms with Crippen molar-refractivity contribution in [2.45, 2.75) is 26.3 Å². The van der Waals surface area contributed by atoms with Crippen LogP contribution in [0.2, 0.25) is 0 Å². The zero-order valence-electron chi connectivity index (χ0n) is 12.2. The van der Waals surface area contributed by atoms with Gasteiger partial charge in [-0.3, -0.25) is 4.98 Å². The average Bonchev–Trinajstić information content (AvgIpc) is 2.45. The van der Waals surface area contributed by atoms with Crippen LogP contribution in [0.15, 0.2) is 18.3 Å². The van der Waals surface area contributed by atoms with E-state index in [0.29, 0.717) is 13.1 Å². The van der Waals surface area contributed by atoms with Crippen LogP contribution in [0.1, 0.15) is 32.0 Å². The minimum Gasteiger partial charge on any atom is -0.368 e. The van der Waals surface area contributed by atoms with Gasteiger partial charge in [0.25, 0.3) is 0 Å². The first-order valence-corrected chi connectivity index (χ1v) is 8.98. The molecule has 112 valence electrons. The molecule has 1 aromatic rings. The molecule has 5 nitrogen and oxygen atoms in total. The lowest BCUT2D eigenvalue weighted by Crippen LogP contribution is -2.40. The van der Waals surface area contributed by atoms with Gasteiger partial charge in [0, 0.05) is 19.1 Å². The van der Waals surface area contributed by atoms with Gasteiger partial charge in [0.15, 0.2) is 9.84 Å². The molecule has 6 heteroatoms. The van der Waals surface area contributed by atoms with Gasteiger partial charge in [-0.15, -0.1) is 0 Å². The SMILES string of the molecule is CCCNC(C)c1ccc(N2CCS(=O)(=O)CC2)cn1. The quantitative estimate of drug-likeness (QED) is 0.889. The van der Waals surface area contributed by atoms with E-state index in [9.17, 15) is 8.42 Å². The molecule has 1 aliphatic rings. The smallest absolute Gasteiger partial charge is 0.153 e. The van der Waals surface area contributed by atoms with Crippen LogP contribution in [0.25, 0.3) is 0 Å². The lowest BCUT2D eigenvalue weighted by Gasteiger charge is -2.28. The highest BCUT2D eigenvalue weighted by atomic mass is 32.2. The third-order valence-electron chi connectivity index (χ3n) is 3.62. The lowest BCUT2D eigenvalue weighted by molar-refractivity contribution is 0.558. The Morgan fingerprint density at radius 3 is 2.60 bits per heavy atom. The predicted molar refractivity (Wildman–Crippen MR) is 81.8 cm³/mol. The average molecular weight is 297 g/mol. The van der Waals surface area contributed by atoms with E-state index in [1.54, 1.807) is 0 Å². The largest absolute Gasteiger partial charge is 0.368 e. The van der Waals surface area contributed by atoms with Gasteiger partial charge in [-0.2, -0.15) is 0 Å². The zero-order chi connectivity index (χ0) is 14.6. The molecule has 0 saturated carbocycles. The number of rotatable bonds is 5. The molecule has 2 heterocycles. The van der Waals surface area contributed by atoms with Crippen LogP contribution in [0.5, 0.6) is 0 Å². The summed E-state index contributed by atoms with van der Waals surface area (Å²) in [5.41, 5.74) is 2.03. The first kappa shape index (κ1) is 15.3. The maximum atomic E-state index is 11.4. The summed E-state index contributed by atoms with van der Waals surface area (Å²) in [5, 5.41) is 3.40. The zero-order valence-corrected chi connectivity index (χ0v) is 13.0. The third kappa shape index (κ3) is 3.93. The van der Waals surface area contributed by atoms with Crippen molar-refractivity contribution in [3.05, 3.63) is 24.0 Å². The Morgan fingerprint density at radius 2 is 2.05 bits per heavy atom. The molecule has 0 amide bonds. The van der Waals surface area contributed by atoms with E-state index < -0.39 is 9.84 Å². The monoisotopic (exact) mass is 297 g/mol. The molecular formula is C14H23N3O2S. The molecule has 2 rings (SSSR count). The summed E-state index contributed by atoms with van der Waals surface area (Å²) < 4.78 is 22.8. The second kappa shape index (κ2) is 6.54. The number of hydrogen-bond donors (Lipinski definition) is 1. The van der Waals surface area contributed by atoms with Crippen LogP contribution >= 0.6 is 0 Å². The number of aromatic nitrogens is 1. The molecule has 20 heavy (non-hydrogen) atoms. The van der Waals surface area contributed by atoms with Crippen molar-refractivity contribution in [3.8, 4) is 0 Å². The first-order chi connectivity index (χ1) is 9.52. The number of pyridine rings is 1. The van der Waals surface area contributed by atoms with Crippen LogP contribution in [-0.2, 0) is 9.84 Å². The molecule has 0 aromatic carbocycles. The molecule has 0 radical (unpaired) electrons. The van der Waals surface area contributed by atoms with Gasteiger partial charge in [-0.1, -0.05) is 6.92 Å². The van der Waals surface area contributed by atoms with Crippen molar-refractivity contribution in [2.75, 3.05) is 36.0 Å². The normalized spacial score (nSPS) is 19.8. The van der Waals surface area contributed by atoms with Gasteiger partial charge >= 0.3 is 0 Å². The van der Waals surface area contributed by atoms with Gasteiger partial charge in [0.2, 0.25) is 0 Å². The minimum atomic E-state index is -2.83. The van der Waals surface area contributed by atoms with Crippen molar-refractivity contribution in [3.63, 3.8) is 0 Å². The topological polar surface area (TPSA) is 62.3 Å². The van der Waals surface area contributed by atoms with Crippen LogP contribution in [0.4, 0.5) is 5.69 Å². The molecule has 1 aliphatic heterocycles. The Hall–Kier alpha value is -1.14. The standard InChI is InChI=1S/C14H23N3O2S/c1-3-6-15-12(2)14-5-4-13(11-16-14)17-7-9-20(18,19)10-8-17/h4-5,11-12,15H,3,6-10H2,1-2H3. The first-order valence-electron chi connectivity index (χ1n) is 7.16. The Morgan fingerprint density at radius 1 is 1.35 bits per heavy atom. The minimum absolute atomic E-state index is 0.239. The molecular weight excluding hydrogens is 274 g/mol. The van der Waals surface area contributed by atoms with Crippen molar-refractivity contribution < 1.29 is 8.42 Å². The lowest BCUT2D eigenvalue weighted by atomic mass is 10.2. The fourth-order valence-electron chi connectivity index (χ4n) is 2.28. The number of nitrogens with one attached hydrogen (secondary N) is 1. The fraction of sp³-hybridized carbons (Fsp3) is 0.643. The van der Waals surface area contributed by atoms with E-state index in [1.165, 1.54) is 0 Å². The van der Waals surface area contributed by atoms with E-state index in [0.717, 1.165) is 24.3 Å². The summed E-state index contributed by atoms with van der Waals surface area (Å²) in [5.74, 6) is 0.479. The van der Waals surface area contributed by atoms with Crippen molar-refractivity contribution >= 4 is 15.5 Å². The molecule has 1 aromatic heterocycles. The summed E-state index contributed by atoms with van der Waals surface area (Å²) >= 11 is 0. The Balaban J connectivity index is 1.98. The van der Waals surface area contributed by atoms with E-state index in [1.807, 2.05) is 18.3 Å². The van der Waals surface area contributed by atoms with E-state index >= 15 is 0 Å². The summed E-state index contributed by atoms with van der Waals surface area (Å²) in [6, 6.07) is 4.29. The van der Waals surface area contributed by atoms with Crippen molar-refractivity contribution in [2.24, 2.45) is 0 Å². The summed E-state index contributed by atoms with van der Waals surface area (Å²) in [6.07, 6.45) is 2.95. The fourth-order valence-corrected chi connectivity index (χ4v) is 3.48. The molecule has 0 spiro atoms. The number of sulfone groups is 1. The van der Waals surface area contributed by atoms with Crippen LogP contribution in [-0.4, -0.2) is 44.5 Å². The Bertz CT molecular complexity index is 514. The van der Waals surface area contributed by atoms with E-state index in [2.05, 4.69) is 29.0 Å². The van der Waals surface area contributed by atoms with Gasteiger partial charge in [0.05, 0.1) is 29.1 Å². The Kier molecular flexibility index (Phi) is 4.99.